The molecule has 2 aromatic heterocycles. The first-order chi connectivity index (χ1) is 11.7. The van der Waals surface area contributed by atoms with Crippen molar-refractivity contribution in [3.63, 3.8) is 0 Å². The Bertz CT molecular complexity index is 948. The van der Waals surface area contributed by atoms with Crippen molar-refractivity contribution in [2.24, 2.45) is 5.41 Å². The first kappa shape index (κ1) is 16.2. The van der Waals surface area contributed by atoms with E-state index in [9.17, 15) is 0 Å². The number of fused-ring (bicyclic) bond motifs is 3. The van der Waals surface area contributed by atoms with Crippen LogP contribution in [0.3, 0.4) is 0 Å². The summed E-state index contributed by atoms with van der Waals surface area (Å²) in [6.45, 7) is 13.7. The molecule has 130 valence electrons. The third kappa shape index (κ3) is 2.08. The summed E-state index contributed by atoms with van der Waals surface area (Å²) in [4.78, 5) is 4.87. The SMILES string of the molecule is Cc1nc2c3c(ccn2c1C)C(C)(C)C(C)(C)[C@@H](c1ccccc1)N3. The van der Waals surface area contributed by atoms with Crippen molar-refractivity contribution in [2.45, 2.75) is 53.0 Å². The maximum atomic E-state index is 4.87. The minimum absolute atomic E-state index is 0.0175. The highest BCUT2D eigenvalue weighted by molar-refractivity contribution is 5.76. The molecule has 0 saturated heterocycles. The van der Waals surface area contributed by atoms with E-state index in [0.717, 1.165) is 11.3 Å². The standard InChI is InChI=1S/C22H27N3/c1-14-15(2)25-13-12-17-18(20(25)23-14)24-19(16-10-8-7-9-11-16)22(5,6)21(17,3)4/h7-13,19,24H,1-6H3/t19-/m1/s1. The van der Waals surface area contributed by atoms with E-state index >= 15 is 0 Å². The molecule has 3 heteroatoms. The Kier molecular flexibility index (Phi) is 3.31. The summed E-state index contributed by atoms with van der Waals surface area (Å²) in [5.74, 6) is 0. The number of pyridine rings is 1. The molecule has 3 heterocycles. The summed E-state index contributed by atoms with van der Waals surface area (Å²) in [7, 11) is 0. The number of benzene rings is 1. The summed E-state index contributed by atoms with van der Waals surface area (Å²) in [5.41, 5.74) is 7.26. The van der Waals surface area contributed by atoms with Crippen LogP contribution in [0.5, 0.6) is 0 Å². The molecule has 0 radical (unpaired) electrons. The van der Waals surface area contributed by atoms with Crippen molar-refractivity contribution in [2.75, 3.05) is 5.32 Å². The largest absolute Gasteiger partial charge is 0.374 e. The number of nitrogens with one attached hydrogen (secondary N) is 1. The van der Waals surface area contributed by atoms with Gasteiger partial charge in [0.2, 0.25) is 0 Å². The molecular formula is C22H27N3. The molecule has 1 aliphatic heterocycles. The molecule has 0 spiro atoms. The van der Waals surface area contributed by atoms with E-state index in [1.165, 1.54) is 22.5 Å². The number of rotatable bonds is 1. The Morgan fingerprint density at radius 3 is 2.36 bits per heavy atom. The first-order valence-electron chi connectivity index (χ1n) is 9.05. The van der Waals surface area contributed by atoms with Crippen molar-refractivity contribution >= 4 is 11.3 Å². The maximum Gasteiger partial charge on any atom is 0.161 e. The zero-order chi connectivity index (χ0) is 18.0. The van der Waals surface area contributed by atoms with Gasteiger partial charge in [-0.1, -0.05) is 58.0 Å². The van der Waals surface area contributed by atoms with Crippen molar-refractivity contribution in [3.05, 3.63) is 65.1 Å². The van der Waals surface area contributed by atoms with E-state index in [2.05, 4.69) is 93.9 Å². The fourth-order valence-corrected chi connectivity index (χ4v) is 4.18. The average Bonchev–Trinajstić information content (AvgIpc) is 2.87. The van der Waals surface area contributed by atoms with E-state index < -0.39 is 0 Å². The van der Waals surface area contributed by atoms with Gasteiger partial charge in [-0.3, -0.25) is 0 Å². The number of hydrogen-bond donors (Lipinski definition) is 1. The van der Waals surface area contributed by atoms with E-state index in [1.54, 1.807) is 0 Å². The number of aryl methyl sites for hydroxylation is 2. The molecule has 1 aromatic carbocycles. The Labute approximate surface area is 150 Å². The highest BCUT2D eigenvalue weighted by Gasteiger charge is 2.49. The van der Waals surface area contributed by atoms with Gasteiger partial charge in [-0.25, -0.2) is 4.98 Å². The summed E-state index contributed by atoms with van der Waals surface area (Å²) in [6, 6.07) is 13.3. The van der Waals surface area contributed by atoms with Gasteiger partial charge >= 0.3 is 0 Å². The Hall–Kier alpha value is -2.29. The van der Waals surface area contributed by atoms with Crippen molar-refractivity contribution in [1.29, 1.82) is 0 Å². The van der Waals surface area contributed by atoms with Crippen LogP contribution in [0.4, 0.5) is 5.69 Å². The van der Waals surface area contributed by atoms with Crippen LogP contribution in [-0.4, -0.2) is 9.38 Å². The molecule has 0 aliphatic carbocycles. The minimum atomic E-state index is 0.0175. The van der Waals surface area contributed by atoms with Gasteiger partial charge in [-0.15, -0.1) is 0 Å². The number of aromatic nitrogens is 2. The number of nitrogens with zero attached hydrogens (tertiary/aromatic N) is 2. The molecular weight excluding hydrogens is 306 g/mol. The van der Waals surface area contributed by atoms with Crippen LogP contribution < -0.4 is 5.32 Å². The Morgan fingerprint density at radius 2 is 1.68 bits per heavy atom. The molecule has 1 aliphatic rings. The quantitative estimate of drug-likeness (QED) is 0.644. The summed E-state index contributed by atoms with van der Waals surface area (Å²) >= 11 is 0. The van der Waals surface area contributed by atoms with Crippen LogP contribution in [0.1, 0.15) is 56.3 Å². The lowest BCUT2D eigenvalue weighted by Crippen LogP contribution is -2.48. The molecule has 0 bridgehead atoms. The van der Waals surface area contributed by atoms with Gasteiger partial charge in [0, 0.05) is 11.9 Å². The van der Waals surface area contributed by atoms with Crippen LogP contribution in [0.25, 0.3) is 5.65 Å². The molecule has 0 saturated carbocycles. The Balaban J connectivity index is 2.00. The minimum Gasteiger partial charge on any atom is -0.374 e. The summed E-state index contributed by atoms with van der Waals surface area (Å²) < 4.78 is 2.21. The van der Waals surface area contributed by atoms with Crippen LogP contribution in [0.2, 0.25) is 0 Å². The van der Waals surface area contributed by atoms with E-state index in [1.807, 2.05) is 0 Å². The fourth-order valence-electron chi connectivity index (χ4n) is 4.18. The molecule has 25 heavy (non-hydrogen) atoms. The van der Waals surface area contributed by atoms with Gasteiger partial charge in [0.1, 0.15) is 0 Å². The van der Waals surface area contributed by atoms with E-state index in [4.69, 9.17) is 4.98 Å². The lowest BCUT2D eigenvalue weighted by molar-refractivity contribution is 0.154. The van der Waals surface area contributed by atoms with Gasteiger partial charge in [0.15, 0.2) is 5.65 Å². The van der Waals surface area contributed by atoms with Crippen LogP contribution in [0.15, 0.2) is 42.6 Å². The monoisotopic (exact) mass is 333 g/mol. The fraction of sp³-hybridized carbons (Fsp3) is 0.409. The van der Waals surface area contributed by atoms with Gasteiger partial charge in [0.25, 0.3) is 0 Å². The van der Waals surface area contributed by atoms with Gasteiger partial charge in [-0.05, 0) is 41.9 Å². The van der Waals surface area contributed by atoms with Crippen molar-refractivity contribution < 1.29 is 0 Å². The Morgan fingerprint density at radius 1 is 1.00 bits per heavy atom. The lowest BCUT2D eigenvalue weighted by atomic mass is 9.57. The second kappa shape index (κ2) is 5.10. The second-order valence-electron chi connectivity index (χ2n) is 8.42. The molecule has 0 unspecified atom stereocenters. The van der Waals surface area contributed by atoms with Crippen molar-refractivity contribution in [1.82, 2.24) is 9.38 Å². The first-order valence-corrected chi connectivity index (χ1v) is 9.05. The van der Waals surface area contributed by atoms with Crippen LogP contribution >= 0.6 is 0 Å². The number of hydrogen-bond acceptors (Lipinski definition) is 2. The highest BCUT2D eigenvalue weighted by Crippen LogP contribution is 2.56. The van der Waals surface area contributed by atoms with Gasteiger partial charge in [-0.2, -0.15) is 0 Å². The highest BCUT2D eigenvalue weighted by atomic mass is 15.1. The molecule has 1 atom stereocenters. The molecule has 0 amide bonds. The van der Waals surface area contributed by atoms with E-state index in [-0.39, 0.29) is 16.9 Å². The molecule has 3 aromatic rings. The molecule has 3 nitrogen and oxygen atoms in total. The second-order valence-corrected chi connectivity index (χ2v) is 8.42. The summed E-state index contributed by atoms with van der Waals surface area (Å²) in [6.07, 6.45) is 2.17. The van der Waals surface area contributed by atoms with Crippen LogP contribution in [-0.2, 0) is 5.41 Å². The zero-order valence-electron chi connectivity index (χ0n) is 16.0. The lowest BCUT2D eigenvalue weighted by Gasteiger charge is -2.52. The molecule has 4 rings (SSSR count). The van der Waals surface area contributed by atoms with Gasteiger partial charge < -0.3 is 9.72 Å². The molecule has 1 N–H and O–H groups in total. The number of anilines is 1. The van der Waals surface area contributed by atoms with Gasteiger partial charge in [0.05, 0.1) is 17.4 Å². The predicted octanol–water partition coefficient (Wildman–Crippen LogP) is 5.42. The number of imidazole rings is 1. The molecule has 0 fully saturated rings. The maximum absolute atomic E-state index is 4.87. The topological polar surface area (TPSA) is 29.3 Å². The van der Waals surface area contributed by atoms with Crippen molar-refractivity contribution in [3.8, 4) is 0 Å². The zero-order valence-corrected chi connectivity index (χ0v) is 16.0. The third-order valence-electron chi connectivity index (χ3n) is 6.70. The smallest absolute Gasteiger partial charge is 0.161 e. The predicted molar refractivity (Wildman–Crippen MR) is 104 cm³/mol. The normalized spacial score (nSPS) is 21.0. The summed E-state index contributed by atoms with van der Waals surface area (Å²) in [5, 5.41) is 3.86. The third-order valence-corrected chi connectivity index (χ3v) is 6.70. The average molecular weight is 333 g/mol. The van der Waals surface area contributed by atoms with E-state index in [0.29, 0.717) is 0 Å². The van der Waals surface area contributed by atoms with Crippen LogP contribution in [0, 0.1) is 19.3 Å².